The quantitative estimate of drug-likeness (QED) is 0.123. The molecule has 0 radical (unpaired) electrons. The topological polar surface area (TPSA) is 145 Å². The number of rotatable bonds is 11. The van der Waals surface area contributed by atoms with E-state index in [2.05, 4.69) is 353 Å². The first-order valence-corrected chi connectivity index (χ1v) is 47.6. The molecule has 13 nitrogen and oxygen atoms in total. The average molecular weight is 1810 g/mol. The van der Waals surface area contributed by atoms with Crippen molar-refractivity contribution in [3.63, 3.8) is 0 Å². The van der Waals surface area contributed by atoms with E-state index in [0.717, 1.165) is 222 Å². The highest BCUT2D eigenvalue weighted by Crippen LogP contribution is 2.48. The van der Waals surface area contributed by atoms with Crippen molar-refractivity contribution >= 4 is 185 Å². The maximum absolute atomic E-state index is 6.57. The molecule has 0 N–H and O–H groups in total. The Morgan fingerprint density at radius 2 is 0.564 bits per heavy atom. The molecule has 0 saturated heterocycles. The molecule has 14 heteroatoms. The number of aromatic nitrogens is 9. The molecule has 0 bridgehead atoms. The van der Waals surface area contributed by atoms with E-state index in [4.69, 9.17) is 47.6 Å². The van der Waals surface area contributed by atoms with Gasteiger partial charge in [-0.15, -0.1) is 11.3 Å². The molecule has 0 fully saturated rings. The first kappa shape index (κ1) is 79.8. The Bertz CT molecular complexity index is 10300. The Hall–Kier alpha value is -18.8. The van der Waals surface area contributed by atoms with Crippen LogP contribution in [-0.2, 0) is 0 Å². The molecule has 30 aromatic rings. The molecule has 11 heterocycles. The van der Waals surface area contributed by atoms with Crippen LogP contribution in [0.15, 0.2) is 473 Å². The fourth-order valence-corrected chi connectivity index (χ4v) is 22.1. The van der Waals surface area contributed by atoms with Crippen molar-refractivity contribution in [3.8, 4) is 108 Å². The Morgan fingerprint density at radius 3 is 1.16 bits per heavy atom. The van der Waals surface area contributed by atoms with Gasteiger partial charge in [0, 0.05) is 147 Å². The van der Waals surface area contributed by atoms with Crippen molar-refractivity contribution in [1.29, 1.82) is 0 Å². The van der Waals surface area contributed by atoms with Crippen LogP contribution in [0.2, 0.25) is 0 Å². The molecule has 0 aliphatic rings. The summed E-state index contributed by atoms with van der Waals surface area (Å²) in [6.45, 7) is 0. The first-order chi connectivity index (χ1) is 69.4. The Balaban J connectivity index is 0.000000103. The minimum Gasteiger partial charge on any atom is -0.456 e. The van der Waals surface area contributed by atoms with Crippen molar-refractivity contribution in [2.75, 3.05) is 0 Å². The zero-order valence-electron chi connectivity index (χ0n) is 74.9. The number of para-hydroxylation sites is 8. The fourth-order valence-electron chi connectivity index (χ4n) is 20.9. The molecular weight excluding hydrogens is 1740 g/mol. The lowest BCUT2D eigenvalue weighted by Gasteiger charge is -2.13. The van der Waals surface area contributed by atoms with E-state index in [-0.39, 0.29) is 0 Å². The van der Waals surface area contributed by atoms with E-state index < -0.39 is 0 Å². The second-order valence-electron chi connectivity index (χ2n) is 35.4. The van der Waals surface area contributed by atoms with Crippen molar-refractivity contribution in [2.24, 2.45) is 0 Å². The summed E-state index contributed by atoms with van der Waals surface area (Å²) in [7, 11) is 0. The van der Waals surface area contributed by atoms with E-state index >= 15 is 0 Å². The fraction of sp³-hybridized carbons (Fsp3) is 0. The lowest BCUT2D eigenvalue weighted by molar-refractivity contribution is 0.668. The summed E-state index contributed by atoms with van der Waals surface area (Å²) >= 11 is 1.86. The van der Waals surface area contributed by atoms with Crippen LogP contribution in [0.25, 0.3) is 281 Å². The maximum atomic E-state index is 6.57. The summed E-state index contributed by atoms with van der Waals surface area (Å²) in [4.78, 5) is 31.3. The van der Waals surface area contributed by atoms with Gasteiger partial charge >= 0.3 is 0 Å². The predicted molar refractivity (Wildman–Crippen MR) is 575 cm³/mol. The van der Waals surface area contributed by atoms with E-state index in [1.54, 1.807) is 0 Å². The van der Waals surface area contributed by atoms with Gasteiger partial charge in [0.2, 0.25) is 0 Å². The van der Waals surface area contributed by atoms with Crippen molar-refractivity contribution in [1.82, 2.24) is 43.6 Å². The number of hydrogen-bond acceptors (Lipinski definition) is 11. The molecule has 0 spiro atoms. The Kier molecular flexibility index (Phi) is 18.5. The highest BCUT2D eigenvalue weighted by Gasteiger charge is 2.27. The van der Waals surface area contributed by atoms with Crippen LogP contribution in [-0.4, -0.2) is 43.6 Å². The summed E-state index contributed by atoms with van der Waals surface area (Å²) < 4.78 is 34.6. The van der Waals surface area contributed by atoms with Crippen LogP contribution in [0.5, 0.6) is 0 Å². The summed E-state index contributed by atoms with van der Waals surface area (Å²) in [6.07, 6.45) is 0. The molecule has 140 heavy (non-hydrogen) atoms. The SMILES string of the molecule is c1ccc(-c2cccc(-c3nc(-c4ccc5c(c4)oc4ccccc45)cc(-n4c5ccccc5c5c6oc7ccccc7c6ccc54)n3)c2)cc1.c1ccc(-c2nc(-c3ccc4oc5ccccc5c4c3)cc(-c3cccc4c3c3ccccc3n4-c3ccccc3)n2)cc1.c1ccc(-c2nc(-c3ccc4oc5ccccc5c4c3)cc(-n3c4ccccc4c4c5sc6ccccc6c5ccc43)n2)cc1. The number of hydrogen-bond donors (Lipinski definition) is 0. The van der Waals surface area contributed by atoms with Crippen molar-refractivity contribution < 1.29 is 17.7 Å². The Labute approximate surface area is 802 Å². The molecule has 19 aromatic carbocycles. The van der Waals surface area contributed by atoms with Gasteiger partial charge in [0.15, 0.2) is 17.5 Å². The van der Waals surface area contributed by atoms with Gasteiger partial charge in [-0.25, -0.2) is 29.9 Å². The van der Waals surface area contributed by atoms with Gasteiger partial charge in [-0.2, -0.15) is 0 Å². The molecule has 0 aliphatic carbocycles. The van der Waals surface area contributed by atoms with Crippen molar-refractivity contribution in [2.45, 2.75) is 0 Å². The van der Waals surface area contributed by atoms with Crippen LogP contribution >= 0.6 is 11.3 Å². The molecule has 0 saturated carbocycles. The number of nitrogens with zero attached hydrogens (tertiary/aromatic N) is 9. The van der Waals surface area contributed by atoms with Crippen LogP contribution < -0.4 is 0 Å². The zero-order chi connectivity index (χ0) is 92.0. The second kappa shape index (κ2) is 32.5. The van der Waals surface area contributed by atoms with Crippen molar-refractivity contribution in [3.05, 3.63) is 455 Å². The van der Waals surface area contributed by atoms with Gasteiger partial charge < -0.3 is 22.2 Å². The van der Waals surface area contributed by atoms with E-state index in [0.29, 0.717) is 17.5 Å². The van der Waals surface area contributed by atoms with E-state index in [9.17, 15) is 0 Å². The average Bonchev–Trinajstić information content (AvgIpc) is 1.55. The first-order valence-electron chi connectivity index (χ1n) is 46.8. The minimum absolute atomic E-state index is 0.640. The number of thiophene rings is 1. The van der Waals surface area contributed by atoms with Crippen LogP contribution in [0.1, 0.15) is 0 Å². The number of fused-ring (bicyclic) bond motifs is 26. The molecule has 0 unspecified atom stereocenters. The molecule has 30 rings (SSSR count). The number of furan rings is 4. The van der Waals surface area contributed by atoms with E-state index in [1.807, 2.05) is 127 Å². The highest BCUT2D eigenvalue weighted by molar-refractivity contribution is 7.26. The second-order valence-corrected chi connectivity index (χ2v) is 36.5. The number of benzene rings is 19. The summed E-state index contributed by atoms with van der Waals surface area (Å²) in [6, 6.07) is 158. The maximum Gasteiger partial charge on any atom is 0.162 e. The third kappa shape index (κ3) is 13.3. The molecule has 654 valence electrons. The van der Waals surface area contributed by atoms with Gasteiger partial charge in [-0.3, -0.25) is 9.13 Å². The summed E-state index contributed by atoms with van der Waals surface area (Å²) in [5, 5.41) is 18.3. The lowest BCUT2D eigenvalue weighted by Crippen LogP contribution is -2.02. The van der Waals surface area contributed by atoms with Gasteiger partial charge in [-0.1, -0.05) is 297 Å². The molecule has 0 amide bonds. The third-order valence-electron chi connectivity index (χ3n) is 27.3. The van der Waals surface area contributed by atoms with Gasteiger partial charge in [0.05, 0.1) is 61.3 Å². The standard InChI is InChI=1S/C46H27N3O2.C40H23N3OS.C40H25N3O/c1-2-11-28(12-3-1)29-13-10-14-31(25-29)46-47-37(30-21-22-34-32-15-5-8-19-40(32)50-42(34)26-30)27-43(48-46)49-38-18-7-4-17-36(38)44-39(49)24-23-35-33-16-6-9-20-41(33)51-45(35)44;1-2-10-24(11-3-1)40-41-31(25-18-21-35-30(22-25)26-12-5-8-16-34(26)44-35)23-37(42-40)43-32-15-7-4-14-29(32)38-33(43)20-19-28-27-13-6-9-17-36(27)45-39(28)38;1-3-12-26(13-4-1)40-41-33(27-22-23-38-32(24-27)29-16-8-10-21-37(29)44-38)25-34(42-40)30-18-11-20-36-39(30)31-17-7-9-19-35(31)43(36)28-14-5-2-6-15-28/h1-27H;1-23H;1-25H. The zero-order valence-corrected chi connectivity index (χ0v) is 75.7. The lowest BCUT2D eigenvalue weighted by atomic mass is 10.0. The monoisotopic (exact) mass is 1810 g/mol. The van der Waals surface area contributed by atoms with Gasteiger partial charge in [0.1, 0.15) is 56.3 Å². The summed E-state index contributed by atoms with van der Waals surface area (Å²) in [5.74, 6) is 3.63. The van der Waals surface area contributed by atoms with Crippen LogP contribution in [0.4, 0.5) is 0 Å². The van der Waals surface area contributed by atoms with E-state index in [1.165, 1.54) is 41.7 Å². The van der Waals surface area contributed by atoms with Gasteiger partial charge in [0.25, 0.3) is 0 Å². The highest BCUT2D eigenvalue weighted by atomic mass is 32.1. The third-order valence-corrected chi connectivity index (χ3v) is 28.5. The Morgan fingerprint density at radius 1 is 0.186 bits per heavy atom. The molecule has 0 aliphatic heterocycles. The summed E-state index contributed by atoms with van der Waals surface area (Å²) in [5.41, 5.74) is 27.3. The molecule has 0 atom stereocenters. The predicted octanol–water partition coefficient (Wildman–Crippen LogP) is 34.0. The normalized spacial score (nSPS) is 11.9. The largest absolute Gasteiger partial charge is 0.456 e. The minimum atomic E-state index is 0.640. The smallest absolute Gasteiger partial charge is 0.162 e. The van der Waals surface area contributed by atoms with Gasteiger partial charge in [-0.05, 0) is 157 Å². The van der Waals surface area contributed by atoms with Crippen LogP contribution in [0.3, 0.4) is 0 Å². The van der Waals surface area contributed by atoms with Crippen LogP contribution in [0, 0.1) is 0 Å². The molecule has 11 aromatic heterocycles. The molecular formula is C126H75N9O4S.